The van der Waals surface area contributed by atoms with Gasteiger partial charge in [-0.15, -0.1) is 11.3 Å². The summed E-state index contributed by atoms with van der Waals surface area (Å²) in [5.74, 6) is 1.52. The first-order valence-corrected chi connectivity index (χ1v) is 9.51. The molecule has 0 aliphatic rings. The third kappa shape index (κ3) is 5.79. The van der Waals surface area contributed by atoms with Gasteiger partial charge in [0.15, 0.2) is 0 Å². The highest BCUT2D eigenvalue weighted by Crippen LogP contribution is 2.21. The van der Waals surface area contributed by atoms with E-state index in [2.05, 4.69) is 15.3 Å². The van der Waals surface area contributed by atoms with Crippen LogP contribution in [0.15, 0.2) is 54.2 Å². The van der Waals surface area contributed by atoms with Crippen molar-refractivity contribution in [2.45, 2.75) is 12.8 Å². The Labute approximate surface area is 162 Å². The van der Waals surface area contributed by atoms with Gasteiger partial charge in [0, 0.05) is 36.2 Å². The zero-order chi connectivity index (χ0) is 18.9. The van der Waals surface area contributed by atoms with E-state index >= 15 is 0 Å². The first kappa shape index (κ1) is 18.8. The highest BCUT2D eigenvalue weighted by molar-refractivity contribution is 7.09. The van der Waals surface area contributed by atoms with Gasteiger partial charge in [-0.05, 0) is 36.4 Å². The van der Waals surface area contributed by atoms with E-state index in [9.17, 15) is 4.79 Å². The minimum absolute atomic E-state index is 0.00791. The fraction of sp³-hybridized carbons (Fsp3) is 0.250. The molecule has 0 aliphatic heterocycles. The van der Waals surface area contributed by atoms with Gasteiger partial charge in [-0.1, -0.05) is 0 Å². The molecule has 1 N–H and O–H groups in total. The van der Waals surface area contributed by atoms with Crippen molar-refractivity contribution >= 4 is 17.2 Å². The maximum absolute atomic E-state index is 12.0. The summed E-state index contributed by atoms with van der Waals surface area (Å²) in [7, 11) is 1.62. The van der Waals surface area contributed by atoms with Crippen molar-refractivity contribution in [1.29, 1.82) is 0 Å². The Morgan fingerprint density at radius 1 is 1.19 bits per heavy atom. The van der Waals surface area contributed by atoms with Crippen LogP contribution in [-0.4, -0.2) is 36.1 Å². The monoisotopic (exact) mass is 383 g/mol. The van der Waals surface area contributed by atoms with Crippen LogP contribution in [0.4, 0.5) is 0 Å². The fourth-order valence-corrected chi connectivity index (χ4v) is 3.22. The Hall–Kier alpha value is -2.93. The molecule has 1 aromatic carbocycles. The number of aryl methyl sites for hydroxylation is 1. The molecule has 0 radical (unpaired) electrons. The SMILES string of the molecule is COc1ccc(OCCNC(=O)CCc2nc(-c3cccnc3)cs2)cc1. The van der Waals surface area contributed by atoms with Crippen LogP contribution >= 0.6 is 11.3 Å². The number of hydrogen-bond acceptors (Lipinski definition) is 6. The minimum Gasteiger partial charge on any atom is -0.497 e. The van der Waals surface area contributed by atoms with Crippen molar-refractivity contribution in [3.63, 3.8) is 0 Å². The lowest BCUT2D eigenvalue weighted by molar-refractivity contribution is -0.121. The Balaban J connectivity index is 1.35. The summed E-state index contributed by atoms with van der Waals surface area (Å²) in [6.45, 7) is 0.879. The summed E-state index contributed by atoms with van der Waals surface area (Å²) in [6.07, 6.45) is 4.55. The summed E-state index contributed by atoms with van der Waals surface area (Å²) in [4.78, 5) is 20.6. The van der Waals surface area contributed by atoms with Crippen LogP contribution in [-0.2, 0) is 11.2 Å². The van der Waals surface area contributed by atoms with Gasteiger partial charge < -0.3 is 14.8 Å². The van der Waals surface area contributed by atoms with E-state index in [0.717, 1.165) is 27.8 Å². The molecule has 0 fully saturated rings. The van der Waals surface area contributed by atoms with Gasteiger partial charge in [0.2, 0.25) is 5.91 Å². The third-order valence-electron chi connectivity index (χ3n) is 3.83. The molecule has 7 heteroatoms. The molecule has 0 unspecified atom stereocenters. The molecule has 3 rings (SSSR count). The molecule has 0 bridgehead atoms. The molecule has 0 saturated heterocycles. The number of carbonyl (C=O) groups is 1. The molecular formula is C20H21N3O3S. The summed E-state index contributed by atoms with van der Waals surface area (Å²) >= 11 is 1.56. The molecule has 0 saturated carbocycles. The molecule has 27 heavy (non-hydrogen) atoms. The number of benzene rings is 1. The van der Waals surface area contributed by atoms with Crippen molar-refractivity contribution in [2.75, 3.05) is 20.3 Å². The number of nitrogens with zero attached hydrogens (tertiary/aromatic N) is 2. The molecule has 6 nitrogen and oxygen atoms in total. The van der Waals surface area contributed by atoms with Crippen molar-refractivity contribution in [1.82, 2.24) is 15.3 Å². The van der Waals surface area contributed by atoms with E-state index in [1.54, 1.807) is 30.8 Å². The molecular weight excluding hydrogens is 362 g/mol. The number of rotatable bonds is 9. The average Bonchev–Trinajstić information content (AvgIpc) is 3.20. The second kappa shape index (κ2) is 9.68. The number of carbonyl (C=O) groups excluding carboxylic acids is 1. The molecule has 0 atom stereocenters. The van der Waals surface area contributed by atoms with Crippen LogP contribution in [0.2, 0.25) is 0 Å². The predicted octanol–water partition coefficient (Wildman–Crippen LogP) is 3.34. The smallest absolute Gasteiger partial charge is 0.220 e. The topological polar surface area (TPSA) is 73.3 Å². The van der Waals surface area contributed by atoms with Crippen LogP contribution in [0.1, 0.15) is 11.4 Å². The van der Waals surface area contributed by atoms with Crippen LogP contribution in [0.5, 0.6) is 11.5 Å². The second-order valence-corrected chi connectivity index (χ2v) is 6.68. The maximum atomic E-state index is 12.0. The Kier molecular flexibility index (Phi) is 6.76. The van der Waals surface area contributed by atoms with Crippen LogP contribution in [0.3, 0.4) is 0 Å². The van der Waals surface area contributed by atoms with Gasteiger partial charge in [0.1, 0.15) is 18.1 Å². The quantitative estimate of drug-likeness (QED) is 0.574. The van der Waals surface area contributed by atoms with E-state index in [0.29, 0.717) is 26.0 Å². The standard InChI is InChI=1S/C20H21N3O3S/c1-25-16-4-6-17(7-5-16)26-12-11-22-19(24)8-9-20-23-18(14-27-20)15-3-2-10-21-13-15/h2-7,10,13-14H,8-9,11-12H2,1H3,(H,22,24). The number of thiazole rings is 1. The highest BCUT2D eigenvalue weighted by atomic mass is 32.1. The lowest BCUT2D eigenvalue weighted by Crippen LogP contribution is -2.28. The Morgan fingerprint density at radius 3 is 2.74 bits per heavy atom. The lowest BCUT2D eigenvalue weighted by atomic mass is 10.2. The molecule has 2 heterocycles. The number of aromatic nitrogens is 2. The van der Waals surface area contributed by atoms with Gasteiger partial charge in [0.25, 0.3) is 0 Å². The van der Waals surface area contributed by atoms with Crippen molar-refractivity contribution < 1.29 is 14.3 Å². The number of amides is 1. The van der Waals surface area contributed by atoms with E-state index in [4.69, 9.17) is 9.47 Å². The van der Waals surface area contributed by atoms with Crippen LogP contribution in [0.25, 0.3) is 11.3 Å². The Bertz CT molecular complexity index is 850. The lowest BCUT2D eigenvalue weighted by Gasteiger charge is -2.08. The average molecular weight is 383 g/mol. The largest absolute Gasteiger partial charge is 0.497 e. The van der Waals surface area contributed by atoms with Crippen LogP contribution in [0, 0.1) is 0 Å². The normalized spacial score (nSPS) is 10.4. The third-order valence-corrected chi connectivity index (χ3v) is 4.74. The second-order valence-electron chi connectivity index (χ2n) is 5.74. The summed E-state index contributed by atoms with van der Waals surface area (Å²) in [5, 5.41) is 5.80. The number of ether oxygens (including phenoxy) is 2. The van der Waals surface area contributed by atoms with Gasteiger partial charge in [-0.2, -0.15) is 0 Å². The van der Waals surface area contributed by atoms with Gasteiger partial charge in [0.05, 0.1) is 24.4 Å². The van der Waals surface area contributed by atoms with Gasteiger partial charge >= 0.3 is 0 Å². The Morgan fingerprint density at radius 2 is 2.00 bits per heavy atom. The van der Waals surface area contributed by atoms with E-state index in [1.807, 2.05) is 41.8 Å². The predicted molar refractivity (Wildman–Crippen MR) is 105 cm³/mol. The van der Waals surface area contributed by atoms with Crippen LogP contribution < -0.4 is 14.8 Å². The van der Waals surface area contributed by atoms with Crippen molar-refractivity contribution in [3.05, 3.63) is 59.2 Å². The summed E-state index contributed by atoms with van der Waals surface area (Å²) < 4.78 is 10.7. The zero-order valence-corrected chi connectivity index (χ0v) is 15.9. The van der Waals surface area contributed by atoms with E-state index < -0.39 is 0 Å². The summed E-state index contributed by atoms with van der Waals surface area (Å²) in [6, 6.07) is 11.2. The van der Waals surface area contributed by atoms with E-state index in [-0.39, 0.29) is 5.91 Å². The number of methoxy groups -OCH3 is 1. The first-order valence-electron chi connectivity index (χ1n) is 8.63. The number of pyridine rings is 1. The zero-order valence-electron chi connectivity index (χ0n) is 15.1. The molecule has 3 aromatic rings. The van der Waals surface area contributed by atoms with Crippen molar-refractivity contribution in [2.24, 2.45) is 0 Å². The van der Waals surface area contributed by atoms with Crippen molar-refractivity contribution in [3.8, 4) is 22.8 Å². The molecule has 1 amide bonds. The maximum Gasteiger partial charge on any atom is 0.220 e. The molecule has 140 valence electrons. The summed E-state index contributed by atoms with van der Waals surface area (Å²) in [5.41, 5.74) is 1.89. The minimum atomic E-state index is -0.00791. The number of nitrogens with one attached hydrogen (secondary N) is 1. The highest BCUT2D eigenvalue weighted by Gasteiger charge is 2.07. The first-order chi connectivity index (χ1) is 13.2. The molecule has 0 aliphatic carbocycles. The fourth-order valence-electron chi connectivity index (χ4n) is 2.41. The molecule has 0 spiro atoms. The van der Waals surface area contributed by atoms with Gasteiger partial charge in [-0.25, -0.2) is 4.98 Å². The molecule has 2 aromatic heterocycles. The van der Waals surface area contributed by atoms with Gasteiger partial charge in [-0.3, -0.25) is 9.78 Å². The number of hydrogen-bond donors (Lipinski definition) is 1. The van der Waals surface area contributed by atoms with E-state index in [1.165, 1.54) is 0 Å².